The lowest BCUT2D eigenvalue weighted by atomic mass is 10.2. The van der Waals surface area contributed by atoms with Crippen molar-refractivity contribution in [1.29, 1.82) is 0 Å². The van der Waals surface area contributed by atoms with E-state index < -0.39 is 0 Å². The fourth-order valence-corrected chi connectivity index (χ4v) is 3.63. The predicted molar refractivity (Wildman–Crippen MR) is 95.1 cm³/mol. The van der Waals surface area contributed by atoms with Crippen molar-refractivity contribution >= 4 is 35.0 Å². The standard InChI is InChI=1S/C17H19NO3S2/c1-3-22-13-6-4-5-12(11-13)14-7-8-15(23-14)17(20)18-10-9-16(19)21-2/h4-8,11H,3,9-10H2,1-2H3,(H,18,20). The third-order valence-corrected chi connectivity index (χ3v) is 5.11. The molecule has 1 amide bonds. The van der Waals surface area contributed by atoms with Crippen molar-refractivity contribution < 1.29 is 14.3 Å². The summed E-state index contributed by atoms with van der Waals surface area (Å²) in [5.74, 6) is 0.536. The highest BCUT2D eigenvalue weighted by molar-refractivity contribution is 7.99. The number of rotatable bonds is 7. The fourth-order valence-electron chi connectivity index (χ4n) is 1.99. The molecule has 2 aromatic rings. The van der Waals surface area contributed by atoms with Crippen LogP contribution < -0.4 is 5.32 Å². The first-order chi connectivity index (χ1) is 11.1. The first kappa shape index (κ1) is 17.6. The zero-order valence-corrected chi connectivity index (χ0v) is 14.8. The van der Waals surface area contributed by atoms with Crippen LogP contribution in [0.25, 0.3) is 10.4 Å². The number of nitrogens with one attached hydrogen (secondary N) is 1. The summed E-state index contributed by atoms with van der Waals surface area (Å²) in [5, 5.41) is 2.73. The average molecular weight is 349 g/mol. The van der Waals surface area contributed by atoms with Crippen LogP contribution in [0.4, 0.5) is 0 Å². The molecule has 1 heterocycles. The van der Waals surface area contributed by atoms with Gasteiger partial charge in [0.05, 0.1) is 18.4 Å². The minimum absolute atomic E-state index is 0.163. The Labute approximate surface area is 144 Å². The molecule has 0 aliphatic rings. The van der Waals surface area contributed by atoms with Gasteiger partial charge in [0.1, 0.15) is 0 Å². The first-order valence-corrected chi connectivity index (χ1v) is 9.12. The van der Waals surface area contributed by atoms with Crippen LogP contribution >= 0.6 is 23.1 Å². The Morgan fingerprint density at radius 3 is 2.83 bits per heavy atom. The summed E-state index contributed by atoms with van der Waals surface area (Å²) in [5.41, 5.74) is 1.11. The molecule has 4 nitrogen and oxygen atoms in total. The molecule has 0 bridgehead atoms. The number of carbonyl (C=O) groups excluding carboxylic acids is 2. The molecular formula is C17H19NO3S2. The molecule has 0 unspecified atom stereocenters. The van der Waals surface area contributed by atoms with Gasteiger partial charge in [-0.3, -0.25) is 9.59 Å². The molecule has 0 spiro atoms. The van der Waals surface area contributed by atoms with Crippen molar-refractivity contribution in [1.82, 2.24) is 5.32 Å². The van der Waals surface area contributed by atoms with Gasteiger partial charge in [0, 0.05) is 16.3 Å². The Morgan fingerprint density at radius 2 is 2.09 bits per heavy atom. The van der Waals surface area contributed by atoms with E-state index in [1.165, 1.54) is 23.3 Å². The molecule has 0 atom stereocenters. The zero-order valence-electron chi connectivity index (χ0n) is 13.1. The van der Waals surface area contributed by atoms with Crippen LogP contribution in [0.5, 0.6) is 0 Å². The Morgan fingerprint density at radius 1 is 1.26 bits per heavy atom. The number of hydrogen-bond acceptors (Lipinski definition) is 5. The van der Waals surface area contributed by atoms with Crippen LogP contribution in [0, 0.1) is 0 Å². The van der Waals surface area contributed by atoms with Crippen LogP contribution in [0.3, 0.4) is 0 Å². The van der Waals surface area contributed by atoms with E-state index >= 15 is 0 Å². The maximum Gasteiger partial charge on any atom is 0.307 e. The predicted octanol–water partition coefficient (Wildman–Crippen LogP) is 3.82. The summed E-state index contributed by atoms with van der Waals surface area (Å²) in [6.07, 6.45) is 0.177. The largest absolute Gasteiger partial charge is 0.469 e. The number of amides is 1. The third kappa shape index (κ3) is 5.11. The smallest absolute Gasteiger partial charge is 0.307 e. The Bertz CT molecular complexity index is 682. The number of methoxy groups -OCH3 is 1. The van der Waals surface area contributed by atoms with Crippen molar-refractivity contribution in [2.24, 2.45) is 0 Å². The van der Waals surface area contributed by atoms with Crippen LogP contribution in [0.2, 0.25) is 0 Å². The van der Waals surface area contributed by atoms with Crippen molar-refractivity contribution in [3.63, 3.8) is 0 Å². The zero-order chi connectivity index (χ0) is 16.7. The lowest BCUT2D eigenvalue weighted by Gasteiger charge is -2.03. The maximum atomic E-state index is 12.1. The van der Waals surface area contributed by atoms with E-state index in [-0.39, 0.29) is 24.8 Å². The second-order valence-corrected chi connectivity index (χ2v) is 7.13. The lowest BCUT2D eigenvalue weighted by molar-refractivity contribution is -0.140. The normalized spacial score (nSPS) is 10.3. The van der Waals surface area contributed by atoms with Gasteiger partial charge in [-0.25, -0.2) is 0 Å². The summed E-state index contributed by atoms with van der Waals surface area (Å²) < 4.78 is 4.54. The highest BCUT2D eigenvalue weighted by atomic mass is 32.2. The molecule has 0 saturated heterocycles. The van der Waals surface area contributed by atoms with E-state index in [1.54, 1.807) is 11.8 Å². The van der Waals surface area contributed by atoms with Gasteiger partial charge in [-0.15, -0.1) is 23.1 Å². The topological polar surface area (TPSA) is 55.4 Å². The van der Waals surface area contributed by atoms with Gasteiger partial charge in [-0.05, 0) is 35.6 Å². The highest BCUT2D eigenvalue weighted by Gasteiger charge is 2.11. The van der Waals surface area contributed by atoms with Gasteiger partial charge in [-0.1, -0.05) is 19.1 Å². The molecule has 0 saturated carbocycles. The SMILES string of the molecule is CCSc1cccc(-c2ccc(C(=O)NCCC(=O)OC)s2)c1. The van der Waals surface area contributed by atoms with Crippen LogP contribution in [0.1, 0.15) is 23.0 Å². The Balaban J connectivity index is 2.01. The maximum absolute atomic E-state index is 12.1. The van der Waals surface area contributed by atoms with Gasteiger partial charge in [0.25, 0.3) is 5.91 Å². The molecule has 23 heavy (non-hydrogen) atoms. The number of hydrogen-bond donors (Lipinski definition) is 1. The summed E-state index contributed by atoms with van der Waals surface area (Å²) >= 11 is 3.24. The molecule has 122 valence electrons. The van der Waals surface area contributed by atoms with Crippen molar-refractivity contribution in [2.45, 2.75) is 18.2 Å². The van der Waals surface area contributed by atoms with E-state index in [9.17, 15) is 9.59 Å². The quantitative estimate of drug-likeness (QED) is 0.610. The number of benzene rings is 1. The monoisotopic (exact) mass is 349 g/mol. The summed E-state index contributed by atoms with van der Waals surface area (Å²) in [6.45, 7) is 2.40. The molecular weight excluding hydrogens is 330 g/mol. The molecule has 1 aromatic heterocycles. The first-order valence-electron chi connectivity index (χ1n) is 7.32. The molecule has 1 aromatic carbocycles. The molecule has 0 aliphatic carbocycles. The Kier molecular flexibility index (Phi) is 6.67. The van der Waals surface area contributed by atoms with Crippen LogP contribution in [-0.4, -0.2) is 31.3 Å². The molecule has 2 rings (SSSR count). The lowest BCUT2D eigenvalue weighted by Crippen LogP contribution is -2.25. The number of thiophene rings is 1. The van der Waals surface area contributed by atoms with E-state index in [0.717, 1.165) is 16.2 Å². The van der Waals surface area contributed by atoms with Crippen molar-refractivity contribution in [2.75, 3.05) is 19.4 Å². The third-order valence-electron chi connectivity index (χ3n) is 3.10. The van der Waals surface area contributed by atoms with E-state index in [1.807, 2.05) is 24.3 Å². The minimum Gasteiger partial charge on any atom is -0.469 e. The molecule has 0 radical (unpaired) electrons. The van der Waals surface area contributed by atoms with E-state index in [2.05, 4.69) is 29.1 Å². The Hall–Kier alpha value is -1.79. The van der Waals surface area contributed by atoms with Gasteiger partial charge in [-0.2, -0.15) is 0 Å². The van der Waals surface area contributed by atoms with Crippen LogP contribution in [-0.2, 0) is 9.53 Å². The number of esters is 1. The van der Waals surface area contributed by atoms with Crippen molar-refractivity contribution in [3.8, 4) is 10.4 Å². The van der Waals surface area contributed by atoms with Crippen molar-refractivity contribution in [3.05, 3.63) is 41.3 Å². The van der Waals surface area contributed by atoms with E-state index in [4.69, 9.17) is 0 Å². The minimum atomic E-state index is -0.331. The molecule has 1 N–H and O–H groups in total. The molecule has 0 aliphatic heterocycles. The van der Waals surface area contributed by atoms with Gasteiger partial charge in [0.2, 0.25) is 0 Å². The summed E-state index contributed by atoms with van der Waals surface area (Å²) in [7, 11) is 1.33. The second kappa shape index (κ2) is 8.74. The van der Waals surface area contributed by atoms with Gasteiger partial charge in [0.15, 0.2) is 0 Å². The van der Waals surface area contributed by atoms with Gasteiger partial charge < -0.3 is 10.1 Å². The summed E-state index contributed by atoms with van der Waals surface area (Å²) in [4.78, 5) is 26.0. The highest BCUT2D eigenvalue weighted by Crippen LogP contribution is 2.31. The number of thioether (sulfide) groups is 1. The summed E-state index contributed by atoms with van der Waals surface area (Å²) in [6, 6.07) is 12.1. The molecule has 0 fully saturated rings. The molecule has 6 heteroatoms. The number of carbonyl (C=O) groups is 2. The van der Waals surface area contributed by atoms with E-state index in [0.29, 0.717) is 4.88 Å². The van der Waals surface area contributed by atoms with Crippen LogP contribution in [0.15, 0.2) is 41.3 Å². The fraction of sp³-hybridized carbons (Fsp3) is 0.294. The number of ether oxygens (including phenoxy) is 1. The average Bonchev–Trinajstić information content (AvgIpc) is 3.05. The second-order valence-electron chi connectivity index (χ2n) is 4.71. The van der Waals surface area contributed by atoms with Gasteiger partial charge >= 0.3 is 5.97 Å².